The van der Waals surface area contributed by atoms with E-state index in [0.717, 1.165) is 11.1 Å². The van der Waals surface area contributed by atoms with Crippen LogP contribution in [0.15, 0.2) is 24.3 Å². The molecule has 0 aliphatic heterocycles. The summed E-state index contributed by atoms with van der Waals surface area (Å²) in [7, 11) is 1.55. The van der Waals surface area contributed by atoms with Gasteiger partial charge in [0.25, 0.3) is 0 Å². The zero-order chi connectivity index (χ0) is 12.7. The van der Waals surface area contributed by atoms with Crippen LogP contribution in [0.3, 0.4) is 0 Å². The van der Waals surface area contributed by atoms with Crippen LogP contribution in [0.1, 0.15) is 18.1 Å². The Balaban J connectivity index is 2.59. The number of hydrogen-bond donors (Lipinski definition) is 2. The SMILES string of the molecule is CNONC(=O)Cc1cccc(CC(C)=O)c1. The van der Waals surface area contributed by atoms with E-state index in [4.69, 9.17) is 0 Å². The molecule has 5 nitrogen and oxygen atoms in total. The highest BCUT2D eigenvalue weighted by Crippen LogP contribution is 2.07. The Hall–Kier alpha value is -1.72. The zero-order valence-corrected chi connectivity index (χ0v) is 9.95. The molecule has 0 aliphatic rings. The van der Waals surface area contributed by atoms with Crippen molar-refractivity contribution in [3.05, 3.63) is 35.4 Å². The van der Waals surface area contributed by atoms with Crippen molar-refractivity contribution >= 4 is 11.7 Å². The molecule has 0 saturated heterocycles. The van der Waals surface area contributed by atoms with Gasteiger partial charge >= 0.3 is 0 Å². The molecule has 17 heavy (non-hydrogen) atoms. The number of hydroxylamine groups is 2. The van der Waals surface area contributed by atoms with Crippen molar-refractivity contribution in [2.75, 3.05) is 7.05 Å². The topological polar surface area (TPSA) is 67.4 Å². The molecule has 0 radical (unpaired) electrons. The van der Waals surface area contributed by atoms with Crippen LogP contribution in [0.4, 0.5) is 0 Å². The second-order valence-electron chi connectivity index (χ2n) is 3.71. The predicted octanol–water partition coefficient (Wildman–Crippen LogP) is 0.543. The van der Waals surface area contributed by atoms with Gasteiger partial charge in [-0.3, -0.25) is 9.59 Å². The largest absolute Gasteiger partial charge is 0.300 e. The van der Waals surface area contributed by atoms with Crippen LogP contribution < -0.4 is 11.0 Å². The highest BCUT2D eigenvalue weighted by atomic mass is 16.8. The van der Waals surface area contributed by atoms with Crippen molar-refractivity contribution in [3.8, 4) is 0 Å². The molecule has 0 heterocycles. The fourth-order valence-corrected chi connectivity index (χ4v) is 1.47. The minimum Gasteiger partial charge on any atom is -0.300 e. The van der Waals surface area contributed by atoms with Crippen molar-refractivity contribution in [2.24, 2.45) is 0 Å². The summed E-state index contributed by atoms with van der Waals surface area (Å²) in [6, 6.07) is 7.38. The summed E-state index contributed by atoms with van der Waals surface area (Å²) < 4.78 is 0. The first-order valence-electron chi connectivity index (χ1n) is 5.30. The molecule has 1 amide bonds. The third kappa shape index (κ3) is 5.24. The summed E-state index contributed by atoms with van der Waals surface area (Å²) in [4.78, 5) is 26.9. The monoisotopic (exact) mass is 236 g/mol. The van der Waals surface area contributed by atoms with Gasteiger partial charge in [-0.15, -0.1) is 0 Å². The summed E-state index contributed by atoms with van der Waals surface area (Å²) in [5, 5.41) is 0. The smallest absolute Gasteiger partial charge is 0.249 e. The number of hydrogen-bond acceptors (Lipinski definition) is 4. The Morgan fingerprint density at radius 2 is 1.88 bits per heavy atom. The van der Waals surface area contributed by atoms with Gasteiger partial charge in [0.05, 0.1) is 6.42 Å². The van der Waals surface area contributed by atoms with E-state index in [1.807, 2.05) is 24.3 Å². The molecular weight excluding hydrogens is 220 g/mol. The maximum Gasteiger partial charge on any atom is 0.249 e. The van der Waals surface area contributed by atoms with Crippen molar-refractivity contribution in [1.82, 2.24) is 11.0 Å². The standard InChI is InChI=1S/C12H16N2O3/c1-9(15)6-10-4-3-5-11(7-10)8-12(16)14-17-13-2/h3-5,7,13H,6,8H2,1-2H3,(H,14,16). The molecule has 92 valence electrons. The molecule has 1 aromatic rings. The first-order chi connectivity index (χ1) is 8.11. The molecule has 5 heteroatoms. The first kappa shape index (κ1) is 13.3. The Labute approximate surface area is 100 Å². The molecule has 0 aliphatic carbocycles. The molecule has 0 bridgehead atoms. The maximum atomic E-state index is 11.4. The molecule has 0 aromatic heterocycles. The van der Waals surface area contributed by atoms with E-state index in [1.165, 1.54) is 0 Å². The van der Waals surface area contributed by atoms with Gasteiger partial charge in [-0.1, -0.05) is 24.3 Å². The van der Waals surface area contributed by atoms with E-state index in [9.17, 15) is 9.59 Å². The number of amides is 1. The van der Waals surface area contributed by atoms with Crippen molar-refractivity contribution in [1.29, 1.82) is 0 Å². The van der Waals surface area contributed by atoms with Gasteiger partial charge in [-0.05, 0) is 18.1 Å². The van der Waals surface area contributed by atoms with E-state index in [-0.39, 0.29) is 18.1 Å². The van der Waals surface area contributed by atoms with Crippen LogP contribution >= 0.6 is 0 Å². The van der Waals surface area contributed by atoms with Gasteiger partial charge in [0, 0.05) is 13.5 Å². The van der Waals surface area contributed by atoms with E-state index in [0.29, 0.717) is 6.42 Å². The maximum absolute atomic E-state index is 11.4. The van der Waals surface area contributed by atoms with Gasteiger partial charge in [-0.2, -0.15) is 10.4 Å². The number of carbonyl (C=O) groups excluding carboxylic acids is 2. The second kappa shape index (κ2) is 6.78. The third-order valence-electron chi connectivity index (χ3n) is 2.08. The zero-order valence-electron chi connectivity index (χ0n) is 9.95. The van der Waals surface area contributed by atoms with Crippen LogP contribution in [-0.4, -0.2) is 18.7 Å². The van der Waals surface area contributed by atoms with E-state index >= 15 is 0 Å². The highest BCUT2D eigenvalue weighted by molar-refractivity contribution is 5.79. The van der Waals surface area contributed by atoms with Gasteiger partial charge in [0.1, 0.15) is 5.78 Å². The first-order valence-corrected chi connectivity index (χ1v) is 5.30. The number of ketones is 1. The fraction of sp³-hybridized carbons (Fsp3) is 0.333. The molecule has 1 aromatic carbocycles. The average molecular weight is 236 g/mol. The number of nitrogens with one attached hydrogen (secondary N) is 2. The fourth-order valence-electron chi connectivity index (χ4n) is 1.47. The lowest BCUT2D eigenvalue weighted by Crippen LogP contribution is -2.30. The molecule has 0 spiro atoms. The summed E-state index contributed by atoms with van der Waals surface area (Å²) in [6.45, 7) is 1.54. The number of rotatable bonds is 6. The van der Waals surface area contributed by atoms with E-state index < -0.39 is 0 Å². The van der Waals surface area contributed by atoms with Crippen LogP contribution in [0.5, 0.6) is 0 Å². The van der Waals surface area contributed by atoms with Crippen LogP contribution in [0.2, 0.25) is 0 Å². The molecule has 0 atom stereocenters. The Morgan fingerprint density at radius 1 is 1.24 bits per heavy atom. The molecular formula is C12H16N2O3. The summed E-state index contributed by atoms with van der Waals surface area (Å²) in [5.41, 5.74) is 6.33. The van der Waals surface area contributed by atoms with Crippen molar-refractivity contribution < 1.29 is 14.5 Å². The van der Waals surface area contributed by atoms with Crippen molar-refractivity contribution in [3.63, 3.8) is 0 Å². The highest BCUT2D eigenvalue weighted by Gasteiger charge is 2.04. The third-order valence-corrected chi connectivity index (χ3v) is 2.08. The lowest BCUT2D eigenvalue weighted by molar-refractivity contribution is -0.138. The van der Waals surface area contributed by atoms with Crippen LogP contribution in [-0.2, 0) is 27.4 Å². The lowest BCUT2D eigenvalue weighted by atomic mass is 10.0. The number of carbonyl (C=O) groups is 2. The minimum absolute atomic E-state index is 0.102. The predicted molar refractivity (Wildman–Crippen MR) is 62.8 cm³/mol. The van der Waals surface area contributed by atoms with Crippen LogP contribution in [0.25, 0.3) is 0 Å². The number of Topliss-reactive ketones (excluding diaryl/α,β-unsaturated/α-hetero) is 1. The Kier molecular flexibility index (Phi) is 5.32. The van der Waals surface area contributed by atoms with E-state index in [2.05, 4.69) is 15.9 Å². The van der Waals surface area contributed by atoms with E-state index in [1.54, 1.807) is 14.0 Å². The lowest BCUT2D eigenvalue weighted by Gasteiger charge is -2.05. The average Bonchev–Trinajstić information content (AvgIpc) is 2.26. The quantitative estimate of drug-likeness (QED) is 0.707. The van der Waals surface area contributed by atoms with Crippen molar-refractivity contribution in [2.45, 2.75) is 19.8 Å². The normalized spacial score (nSPS) is 10.0. The minimum atomic E-state index is -0.251. The molecule has 0 saturated carbocycles. The summed E-state index contributed by atoms with van der Waals surface area (Å²) in [5.74, 6) is -0.149. The van der Waals surface area contributed by atoms with Gasteiger partial charge in [-0.25, -0.2) is 5.48 Å². The molecule has 1 rings (SSSR count). The second-order valence-corrected chi connectivity index (χ2v) is 3.71. The van der Waals surface area contributed by atoms with Crippen LogP contribution in [0, 0.1) is 0 Å². The molecule has 0 fully saturated rings. The van der Waals surface area contributed by atoms with Gasteiger partial charge in [0.15, 0.2) is 0 Å². The summed E-state index contributed by atoms with van der Waals surface area (Å²) >= 11 is 0. The number of benzene rings is 1. The summed E-state index contributed by atoms with van der Waals surface area (Å²) in [6.07, 6.45) is 0.607. The van der Waals surface area contributed by atoms with Gasteiger partial charge in [0.2, 0.25) is 5.91 Å². The Bertz CT molecular complexity index is 404. The Morgan fingerprint density at radius 3 is 2.47 bits per heavy atom. The molecule has 2 N–H and O–H groups in total. The van der Waals surface area contributed by atoms with Gasteiger partial charge < -0.3 is 0 Å². The molecule has 0 unspecified atom stereocenters.